The first-order valence-corrected chi connectivity index (χ1v) is 9.81. The van der Waals surface area contributed by atoms with Crippen LogP contribution < -0.4 is 4.72 Å². The number of sulfonamides is 1. The minimum absolute atomic E-state index is 0.104. The summed E-state index contributed by atoms with van der Waals surface area (Å²) in [4.78, 5) is 9.69. The number of benzene rings is 1. The zero-order chi connectivity index (χ0) is 16.8. The van der Waals surface area contributed by atoms with Crippen molar-refractivity contribution in [1.82, 2.24) is 4.72 Å². The summed E-state index contributed by atoms with van der Waals surface area (Å²) >= 11 is 5.64. The van der Waals surface area contributed by atoms with E-state index in [0.717, 1.165) is 18.2 Å². The fourth-order valence-corrected chi connectivity index (χ4v) is 6.10. The number of nitro groups is 1. The van der Waals surface area contributed by atoms with Gasteiger partial charge in [-0.2, -0.15) is 0 Å². The molecule has 0 unspecified atom stereocenters. The lowest BCUT2D eigenvalue weighted by molar-refractivity contribution is -0.384. The molecule has 1 aromatic rings. The number of rotatable bonds is 4. The quantitative estimate of drug-likeness (QED) is 0.627. The van der Waals surface area contributed by atoms with E-state index in [4.69, 9.17) is 11.6 Å². The van der Waals surface area contributed by atoms with Crippen molar-refractivity contribution in [2.45, 2.75) is 23.8 Å². The largest absolute Gasteiger partial charge is 0.289 e. The van der Waals surface area contributed by atoms with E-state index in [-0.39, 0.29) is 27.8 Å². The standard InChI is InChI=1S/C11H13ClN2O6S2/c1-11(4-5-21(17,18)7-11)13-22(19,20)8-2-3-9(12)10(6-8)14(15)16/h2-3,6,13H,4-5,7H2,1H3/t11-/m1/s1. The Kier molecular flexibility index (Phi) is 4.24. The van der Waals surface area contributed by atoms with Gasteiger partial charge in [-0.15, -0.1) is 0 Å². The van der Waals surface area contributed by atoms with Crippen LogP contribution in [0, 0.1) is 10.1 Å². The molecule has 0 aromatic heterocycles. The lowest BCUT2D eigenvalue weighted by Gasteiger charge is -2.23. The SMILES string of the molecule is C[C@@]1(NS(=O)(=O)c2ccc(Cl)c([N+](=O)[O-])c2)CCS(=O)(=O)C1. The van der Waals surface area contributed by atoms with Crippen LogP contribution in [0.1, 0.15) is 13.3 Å². The van der Waals surface area contributed by atoms with Gasteiger partial charge in [-0.05, 0) is 25.5 Å². The van der Waals surface area contributed by atoms with Crippen molar-refractivity contribution in [2.24, 2.45) is 0 Å². The average molecular weight is 369 g/mol. The molecule has 0 spiro atoms. The second kappa shape index (κ2) is 5.44. The highest BCUT2D eigenvalue weighted by Crippen LogP contribution is 2.29. The molecule has 1 heterocycles. The molecule has 1 fully saturated rings. The van der Waals surface area contributed by atoms with Crippen LogP contribution in [0.4, 0.5) is 5.69 Å². The predicted molar refractivity (Wildman–Crippen MR) is 80.1 cm³/mol. The van der Waals surface area contributed by atoms with Crippen molar-refractivity contribution in [3.05, 3.63) is 33.3 Å². The van der Waals surface area contributed by atoms with Crippen molar-refractivity contribution in [2.75, 3.05) is 11.5 Å². The van der Waals surface area contributed by atoms with Crippen molar-refractivity contribution in [3.63, 3.8) is 0 Å². The van der Waals surface area contributed by atoms with E-state index in [0.29, 0.717) is 0 Å². The number of nitrogens with one attached hydrogen (secondary N) is 1. The van der Waals surface area contributed by atoms with Gasteiger partial charge in [0.05, 0.1) is 21.3 Å². The Hall–Kier alpha value is -1.23. The number of nitrogens with zero attached hydrogens (tertiary/aromatic N) is 1. The molecule has 0 saturated carbocycles. The molecule has 0 aliphatic carbocycles. The van der Waals surface area contributed by atoms with E-state index < -0.39 is 36.0 Å². The van der Waals surface area contributed by atoms with Gasteiger partial charge in [0.2, 0.25) is 10.0 Å². The third-order valence-corrected chi connectivity index (χ3v) is 7.17. The summed E-state index contributed by atoms with van der Waals surface area (Å²) in [6.07, 6.45) is 0.143. The molecule has 1 saturated heterocycles. The first kappa shape index (κ1) is 17.1. The number of sulfone groups is 1. The number of hydrogen-bond acceptors (Lipinski definition) is 6. The molecule has 1 aliphatic heterocycles. The summed E-state index contributed by atoms with van der Waals surface area (Å²) in [5.74, 6) is -0.415. The molecule has 1 N–H and O–H groups in total. The van der Waals surface area contributed by atoms with Crippen LogP contribution in [-0.2, 0) is 19.9 Å². The van der Waals surface area contributed by atoms with Gasteiger partial charge in [0.15, 0.2) is 9.84 Å². The van der Waals surface area contributed by atoms with E-state index in [9.17, 15) is 26.9 Å². The molecule has 1 aromatic carbocycles. The number of hydrogen-bond donors (Lipinski definition) is 1. The van der Waals surface area contributed by atoms with Gasteiger partial charge >= 0.3 is 0 Å². The van der Waals surface area contributed by atoms with Gasteiger partial charge in [0, 0.05) is 11.6 Å². The van der Waals surface area contributed by atoms with Crippen molar-refractivity contribution < 1.29 is 21.8 Å². The second-order valence-electron chi connectivity index (χ2n) is 5.38. The van der Waals surface area contributed by atoms with Crippen LogP contribution in [0.2, 0.25) is 5.02 Å². The van der Waals surface area contributed by atoms with Crippen LogP contribution in [-0.4, -0.2) is 38.8 Å². The Labute approximate surface area is 132 Å². The lowest BCUT2D eigenvalue weighted by Crippen LogP contribution is -2.46. The summed E-state index contributed by atoms with van der Waals surface area (Å²) in [7, 11) is -7.40. The maximum Gasteiger partial charge on any atom is 0.289 e. The third kappa shape index (κ3) is 3.57. The molecule has 0 bridgehead atoms. The highest BCUT2D eigenvalue weighted by Gasteiger charge is 2.41. The minimum Gasteiger partial charge on any atom is -0.258 e. The smallest absolute Gasteiger partial charge is 0.258 e. The van der Waals surface area contributed by atoms with Gasteiger partial charge in [-0.3, -0.25) is 10.1 Å². The zero-order valence-corrected chi connectivity index (χ0v) is 13.8. The lowest BCUT2D eigenvalue weighted by atomic mass is 10.0. The molecule has 0 amide bonds. The van der Waals surface area contributed by atoms with Crippen LogP contribution in [0.5, 0.6) is 0 Å². The second-order valence-corrected chi connectivity index (χ2v) is 9.65. The van der Waals surface area contributed by atoms with Crippen LogP contribution >= 0.6 is 11.6 Å². The van der Waals surface area contributed by atoms with Gasteiger partial charge in [0.1, 0.15) is 5.02 Å². The first-order chi connectivity index (χ1) is 9.94. The third-order valence-electron chi connectivity index (χ3n) is 3.31. The molecule has 1 aliphatic rings. The van der Waals surface area contributed by atoms with E-state index >= 15 is 0 Å². The van der Waals surface area contributed by atoms with Gasteiger partial charge in [-0.1, -0.05) is 11.6 Å². The predicted octanol–water partition coefficient (Wildman–Crippen LogP) is 1.10. The fraction of sp³-hybridized carbons (Fsp3) is 0.455. The summed E-state index contributed by atoms with van der Waals surface area (Å²) < 4.78 is 50.0. The number of halogens is 1. The molecular weight excluding hydrogens is 356 g/mol. The van der Waals surface area contributed by atoms with Crippen molar-refractivity contribution in [3.8, 4) is 0 Å². The fourth-order valence-electron chi connectivity index (χ4n) is 2.27. The maximum absolute atomic E-state index is 12.3. The van der Waals surface area contributed by atoms with Gasteiger partial charge in [-0.25, -0.2) is 21.6 Å². The summed E-state index contributed by atoms with van der Waals surface area (Å²) in [5.41, 5.74) is -1.67. The van der Waals surface area contributed by atoms with Crippen LogP contribution in [0.3, 0.4) is 0 Å². The average Bonchev–Trinajstić information content (AvgIpc) is 2.62. The molecule has 8 nitrogen and oxygen atoms in total. The maximum atomic E-state index is 12.3. The molecule has 0 radical (unpaired) electrons. The Morgan fingerprint density at radius 1 is 1.41 bits per heavy atom. The van der Waals surface area contributed by atoms with Crippen molar-refractivity contribution in [1.29, 1.82) is 0 Å². The van der Waals surface area contributed by atoms with E-state index in [1.54, 1.807) is 0 Å². The van der Waals surface area contributed by atoms with E-state index in [1.807, 2.05) is 0 Å². The van der Waals surface area contributed by atoms with Gasteiger partial charge < -0.3 is 0 Å². The molecule has 1 atom stereocenters. The molecule has 2 rings (SSSR count). The molecule has 122 valence electrons. The van der Waals surface area contributed by atoms with E-state index in [2.05, 4.69) is 4.72 Å². The highest BCUT2D eigenvalue weighted by atomic mass is 35.5. The molecule has 22 heavy (non-hydrogen) atoms. The highest BCUT2D eigenvalue weighted by molar-refractivity contribution is 7.92. The minimum atomic E-state index is -4.10. The Balaban J connectivity index is 2.36. The Morgan fingerprint density at radius 2 is 2.05 bits per heavy atom. The zero-order valence-electron chi connectivity index (χ0n) is 11.4. The number of nitro benzene ring substituents is 1. The first-order valence-electron chi connectivity index (χ1n) is 6.13. The normalized spacial score (nSPS) is 24.3. The summed E-state index contributed by atoms with van der Waals surface area (Å²) in [6, 6.07) is 3.09. The van der Waals surface area contributed by atoms with Crippen LogP contribution in [0.15, 0.2) is 23.1 Å². The molecular formula is C11H13ClN2O6S2. The summed E-state index contributed by atoms with van der Waals surface area (Å²) in [6.45, 7) is 1.49. The Bertz CT molecular complexity index is 836. The monoisotopic (exact) mass is 368 g/mol. The van der Waals surface area contributed by atoms with E-state index in [1.165, 1.54) is 6.92 Å². The summed E-state index contributed by atoms with van der Waals surface area (Å²) in [5, 5.41) is 10.6. The van der Waals surface area contributed by atoms with Crippen molar-refractivity contribution >= 4 is 37.1 Å². The Morgan fingerprint density at radius 3 is 2.55 bits per heavy atom. The topological polar surface area (TPSA) is 123 Å². The van der Waals surface area contributed by atoms with Gasteiger partial charge in [0.25, 0.3) is 5.69 Å². The molecule has 11 heteroatoms. The van der Waals surface area contributed by atoms with Crippen LogP contribution in [0.25, 0.3) is 0 Å².